The van der Waals surface area contributed by atoms with E-state index < -0.39 is 11.5 Å². The van der Waals surface area contributed by atoms with Crippen LogP contribution < -0.4 is 4.74 Å². The van der Waals surface area contributed by atoms with Gasteiger partial charge in [0, 0.05) is 0 Å². The predicted octanol–water partition coefficient (Wildman–Crippen LogP) is 2.41. The highest BCUT2D eigenvalue weighted by molar-refractivity contribution is 6.29. The van der Waals surface area contributed by atoms with Crippen molar-refractivity contribution in [3.63, 3.8) is 0 Å². The van der Waals surface area contributed by atoms with Gasteiger partial charge < -0.3 is 9.47 Å². The van der Waals surface area contributed by atoms with E-state index in [1.807, 2.05) is 6.07 Å². The van der Waals surface area contributed by atoms with Crippen LogP contribution in [0.25, 0.3) is 0 Å². The van der Waals surface area contributed by atoms with Gasteiger partial charge in [-0.25, -0.2) is 4.79 Å². The fraction of sp³-hybridized carbons (Fsp3) is 0.300. The monoisotopic (exact) mass is 248 g/mol. The second kappa shape index (κ2) is 6.53. The Hall–Kier alpha value is -0.930. The number of carbonyl (C=O) groups is 1. The minimum Gasteiger partial charge on any atom is -0.463 e. The van der Waals surface area contributed by atoms with E-state index in [1.54, 1.807) is 24.3 Å². The SMILES string of the molecule is O=C(OCCCl)C(Cl)Oc1ccccc1. The summed E-state index contributed by atoms with van der Waals surface area (Å²) in [5, 5.41) is 0. The van der Waals surface area contributed by atoms with E-state index in [9.17, 15) is 4.79 Å². The van der Waals surface area contributed by atoms with E-state index in [0.29, 0.717) is 5.75 Å². The van der Waals surface area contributed by atoms with E-state index in [-0.39, 0.29) is 12.5 Å². The second-order valence-corrected chi connectivity index (χ2v) is 3.38. The average Bonchev–Trinajstić information content (AvgIpc) is 2.27. The Morgan fingerprint density at radius 1 is 1.33 bits per heavy atom. The van der Waals surface area contributed by atoms with Crippen molar-refractivity contribution in [1.29, 1.82) is 0 Å². The molecule has 1 aromatic rings. The van der Waals surface area contributed by atoms with Crippen molar-refractivity contribution in [2.24, 2.45) is 0 Å². The molecular weight excluding hydrogens is 239 g/mol. The highest BCUT2D eigenvalue weighted by Crippen LogP contribution is 2.13. The number of esters is 1. The summed E-state index contributed by atoms with van der Waals surface area (Å²) in [5.41, 5.74) is -1.14. The summed E-state index contributed by atoms with van der Waals surface area (Å²) in [6, 6.07) is 8.79. The lowest BCUT2D eigenvalue weighted by Crippen LogP contribution is -2.24. The van der Waals surface area contributed by atoms with Gasteiger partial charge >= 0.3 is 5.97 Å². The minimum absolute atomic E-state index is 0.127. The lowest BCUT2D eigenvalue weighted by Gasteiger charge is -2.11. The van der Waals surface area contributed by atoms with Crippen molar-refractivity contribution in [3.8, 4) is 5.75 Å². The Morgan fingerprint density at radius 2 is 2.00 bits per heavy atom. The van der Waals surface area contributed by atoms with Crippen LogP contribution in [0.5, 0.6) is 5.75 Å². The smallest absolute Gasteiger partial charge is 0.363 e. The molecule has 0 fully saturated rings. The van der Waals surface area contributed by atoms with Crippen LogP contribution in [0.4, 0.5) is 0 Å². The quantitative estimate of drug-likeness (QED) is 0.593. The van der Waals surface area contributed by atoms with Crippen LogP contribution in [0.1, 0.15) is 0 Å². The number of carbonyl (C=O) groups excluding carboxylic acids is 1. The molecule has 0 N–H and O–H groups in total. The molecule has 82 valence electrons. The molecule has 3 nitrogen and oxygen atoms in total. The highest BCUT2D eigenvalue weighted by atomic mass is 35.5. The largest absolute Gasteiger partial charge is 0.463 e. The van der Waals surface area contributed by atoms with Gasteiger partial charge in [0.25, 0.3) is 5.56 Å². The third kappa shape index (κ3) is 4.40. The first-order chi connectivity index (χ1) is 7.24. The minimum atomic E-state index is -1.14. The average molecular weight is 249 g/mol. The normalized spacial score (nSPS) is 11.9. The maximum atomic E-state index is 11.2. The Kier molecular flexibility index (Phi) is 5.29. The van der Waals surface area contributed by atoms with Crippen LogP contribution in [0.3, 0.4) is 0 Å². The fourth-order valence-electron chi connectivity index (χ4n) is 0.871. The third-order valence-electron chi connectivity index (χ3n) is 1.49. The summed E-state index contributed by atoms with van der Waals surface area (Å²) < 4.78 is 9.82. The molecule has 0 aliphatic rings. The third-order valence-corrected chi connectivity index (χ3v) is 1.91. The van der Waals surface area contributed by atoms with E-state index in [0.717, 1.165) is 0 Å². The first kappa shape index (κ1) is 12.1. The number of alkyl halides is 2. The molecule has 0 amide bonds. The summed E-state index contributed by atoms with van der Waals surface area (Å²) in [4.78, 5) is 11.2. The van der Waals surface area contributed by atoms with Crippen molar-refractivity contribution in [2.75, 3.05) is 12.5 Å². The van der Waals surface area contributed by atoms with E-state index >= 15 is 0 Å². The van der Waals surface area contributed by atoms with Gasteiger partial charge in [-0.05, 0) is 12.1 Å². The van der Waals surface area contributed by atoms with E-state index in [2.05, 4.69) is 0 Å². The lowest BCUT2D eigenvalue weighted by atomic mass is 10.3. The zero-order valence-corrected chi connectivity index (χ0v) is 9.37. The van der Waals surface area contributed by atoms with Gasteiger partial charge in [-0.15, -0.1) is 11.6 Å². The number of rotatable bonds is 5. The molecular formula is C10H10Cl2O3. The van der Waals surface area contributed by atoms with Crippen molar-refractivity contribution >= 4 is 29.2 Å². The first-order valence-electron chi connectivity index (χ1n) is 4.32. The summed E-state index contributed by atoms with van der Waals surface area (Å²) in [6.45, 7) is 0.127. The highest BCUT2D eigenvalue weighted by Gasteiger charge is 2.18. The lowest BCUT2D eigenvalue weighted by molar-refractivity contribution is -0.147. The Labute approximate surface area is 97.9 Å². The molecule has 1 rings (SSSR count). The topological polar surface area (TPSA) is 35.5 Å². The standard InChI is InChI=1S/C10H10Cl2O3/c11-6-7-14-10(13)9(12)15-8-4-2-1-3-5-8/h1-5,9H,6-7H2. The van der Waals surface area contributed by atoms with Crippen molar-refractivity contribution in [1.82, 2.24) is 0 Å². The van der Waals surface area contributed by atoms with Crippen LogP contribution in [-0.4, -0.2) is 24.0 Å². The van der Waals surface area contributed by atoms with Gasteiger partial charge in [0.15, 0.2) is 0 Å². The van der Waals surface area contributed by atoms with Crippen molar-refractivity contribution in [2.45, 2.75) is 5.56 Å². The van der Waals surface area contributed by atoms with Gasteiger partial charge in [0.2, 0.25) is 0 Å². The van der Waals surface area contributed by atoms with Crippen molar-refractivity contribution in [3.05, 3.63) is 30.3 Å². The molecule has 0 radical (unpaired) electrons. The summed E-state index contributed by atoms with van der Waals surface area (Å²) >= 11 is 11.0. The molecule has 5 heteroatoms. The molecule has 0 aliphatic heterocycles. The molecule has 0 heterocycles. The van der Waals surface area contributed by atoms with Crippen molar-refractivity contribution < 1.29 is 14.3 Å². The molecule has 0 spiro atoms. The van der Waals surface area contributed by atoms with Gasteiger partial charge in [0.1, 0.15) is 12.4 Å². The van der Waals surface area contributed by atoms with Gasteiger partial charge in [-0.3, -0.25) is 0 Å². The number of ether oxygens (including phenoxy) is 2. The molecule has 0 aromatic heterocycles. The number of benzene rings is 1. The van der Waals surface area contributed by atoms with Gasteiger partial charge in [-0.2, -0.15) is 0 Å². The Bertz CT molecular complexity index is 303. The molecule has 1 unspecified atom stereocenters. The molecule has 1 atom stereocenters. The van der Waals surface area contributed by atoms with Crippen LogP contribution in [0.2, 0.25) is 0 Å². The molecule has 15 heavy (non-hydrogen) atoms. The van der Waals surface area contributed by atoms with Crippen LogP contribution in [0.15, 0.2) is 30.3 Å². The number of hydrogen-bond donors (Lipinski definition) is 0. The second-order valence-electron chi connectivity index (χ2n) is 2.60. The Morgan fingerprint density at radius 3 is 2.60 bits per heavy atom. The van der Waals surface area contributed by atoms with E-state index in [4.69, 9.17) is 32.7 Å². The molecule has 0 aliphatic carbocycles. The van der Waals surface area contributed by atoms with E-state index in [1.165, 1.54) is 0 Å². The molecule has 0 saturated carbocycles. The number of halogens is 2. The Balaban J connectivity index is 2.41. The van der Waals surface area contributed by atoms with Crippen LogP contribution >= 0.6 is 23.2 Å². The van der Waals surface area contributed by atoms with Crippen LogP contribution in [0, 0.1) is 0 Å². The number of para-hydroxylation sites is 1. The molecule has 0 saturated heterocycles. The number of hydrogen-bond acceptors (Lipinski definition) is 3. The molecule has 1 aromatic carbocycles. The summed E-state index contributed by atoms with van der Waals surface area (Å²) in [6.07, 6.45) is 0. The zero-order chi connectivity index (χ0) is 11.1. The molecule has 0 bridgehead atoms. The predicted molar refractivity (Wildman–Crippen MR) is 58.4 cm³/mol. The van der Waals surface area contributed by atoms with Gasteiger partial charge in [-0.1, -0.05) is 29.8 Å². The van der Waals surface area contributed by atoms with Crippen LogP contribution in [-0.2, 0) is 9.53 Å². The fourth-order valence-corrected chi connectivity index (χ4v) is 1.11. The zero-order valence-electron chi connectivity index (χ0n) is 7.86. The summed E-state index contributed by atoms with van der Waals surface area (Å²) in [5.74, 6) is 0.113. The summed E-state index contributed by atoms with van der Waals surface area (Å²) in [7, 11) is 0. The maximum absolute atomic E-state index is 11.2. The van der Waals surface area contributed by atoms with Gasteiger partial charge in [0.05, 0.1) is 5.88 Å². The maximum Gasteiger partial charge on any atom is 0.363 e. The first-order valence-corrected chi connectivity index (χ1v) is 5.29.